The van der Waals surface area contributed by atoms with Crippen molar-refractivity contribution in [2.45, 2.75) is 25.8 Å². The zero-order valence-corrected chi connectivity index (χ0v) is 9.12. The summed E-state index contributed by atoms with van der Waals surface area (Å²) < 4.78 is 0. The Kier molecular flexibility index (Phi) is 5.72. The fourth-order valence-corrected chi connectivity index (χ4v) is 1.94. The largest absolute Gasteiger partial charge is 0.322 e. The number of thiophene rings is 1. The van der Waals surface area contributed by atoms with Gasteiger partial charge in [-0.25, -0.2) is 0 Å². The average Bonchev–Trinajstić information content (AvgIpc) is 2.52. The summed E-state index contributed by atoms with van der Waals surface area (Å²) in [6.45, 7) is 2.12. The lowest BCUT2D eigenvalue weighted by atomic mass is 10.2. The molecular formula is C9H13ClN2S. The van der Waals surface area contributed by atoms with Gasteiger partial charge in [0.05, 0.1) is 18.5 Å². The molecule has 0 aliphatic rings. The van der Waals surface area contributed by atoms with Crippen LogP contribution in [0.25, 0.3) is 0 Å². The zero-order chi connectivity index (χ0) is 8.97. The van der Waals surface area contributed by atoms with E-state index in [0.717, 1.165) is 11.3 Å². The Balaban J connectivity index is 0.00000144. The third kappa shape index (κ3) is 3.35. The summed E-state index contributed by atoms with van der Waals surface area (Å²) in [6.07, 6.45) is 1.45. The highest BCUT2D eigenvalue weighted by Crippen LogP contribution is 2.23. The monoisotopic (exact) mass is 216 g/mol. The predicted molar refractivity (Wildman–Crippen MR) is 58.1 cm³/mol. The van der Waals surface area contributed by atoms with Crippen LogP contribution in [0.3, 0.4) is 0 Å². The van der Waals surface area contributed by atoms with Crippen molar-refractivity contribution in [3.05, 3.63) is 21.9 Å². The van der Waals surface area contributed by atoms with Crippen molar-refractivity contribution in [1.82, 2.24) is 0 Å². The van der Waals surface area contributed by atoms with Crippen LogP contribution in [0, 0.1) is 11.3 Å². The van der Waals surface area contributed by atoms with Gasteiger partial charge in [0.15, 0.2) is 0 Å². The molecule has 0 aromatic carbocycles. The molecule has 0 radical (unpaired) electrons. The van der Waals surface area contributed by atoms with Crippen LogP contribution >= 0.6 is 23.7 Å². The predicted octanol–water partition coefficient (Wildman–Crippen LogP) is 2.65. The molecule has 13 heavy (non-hydrogen) atoms. The van der Waals surface area contributed by atoms with Gasteiger partial charge in [-0.3, -0.25) is 0 Å². The van der Waals surface area contributed by atoms with Crippen LogP contribution in [0.2, 0.25) is 0 Å². The van der Waals surface area contributed by atoms with Crippen LogP contribution in [-0.4, -0.2) is 0 Å². The quantitative estimate of drug-likeness (QED) is 0.845. The topological polar surface area (TPSA) is 49.8 Å². The molecule has 2 N–H and O–H groups in total. The van der Waals surface area contributed by atoms with Crippen LogP contribution in [0.15, 0.2) is 12.1 Å². The van der Waals surface area contributed by atoms with Gasteiger partial charge in [0.1, 0.15) is 0 Å². The summed E-state index contributed by atoms with van der Waals surface area (Å²) in [5.74, 6) is 0. The molecule has 72 valence electrons. The molecule has 0 saturated carbocycles. The molecule has 0 aliphatic heterocycles. The first kappa shape index (κ1) is 12.4. The number of hydrogen-bond donors (Lipinski definition) is 1. The molecule has 4 heteroatoms. The van der Waals surface area contributed by atoms with Gasteiger partial charge in [-0.15, -0.1) is 23.7 Å². The first-order valence-corrected chi connectivity index (χ1v) is 4.80. The first-order valence-electron chi connectivity index (χ1n) is 3.99. The van der Waals surface area contributed by atoms with Gasteiger partial charge in [0.25, 0.3) is 0 Å². The highest BCUT2D eigenvalue weighted by atomic mass is 35.5. The SMILES string of the molecule is CCc1ccc([C@@H](N)CC#N)s1.Cl. The fourth-order valence-electron chi connectivity index (χ4n) is 0.983. The van der Waals surface area contributed by atoms with Crippen molar-refractivity contribution in [1.29, 1.82) is 5.26 Å². The lowest BCUT2D eigenvalue weighted by Crippen LogP contribution is -2.06. The molecule has 0 unspecified atom stereocenters. The van der Waals surface area contributed by atoms with Crippen molar-refractivity contribution < 1.29 is 0 Å². The van der Waals surface area contributed by atoms with E-state index in [9.17, 15) is 0 Å². The molecule has 0 saturated heterocycles. The molecule has 2 nitrogen and oxygen atoms in total. The maximum Gasteiger partial charge on any atom is 0.0642 e. The van der Waals surface area contributed by atoms with E-state index < -0.39 is 0 Å². The number of nitrogens with zero attached hydrogens (tertiary/aromatic N) is 1. The molecule has 0 spiro atoms. The molecule has 1 aromatic heterocycles. The summed E-state index contributed by atoms with van der Waals surface area (Å²) in [5, 5.41) is 8.44. The number of nitriles is 1. The number of halogens is 1. The van der Waals surface area contributed by atoms with E-state index in [-0.39, 0.29) is 18.4 Å². The average molecular weight is 217 g/mol. The Labute approximate surface area is 88.8 Å². The van der Waals surface area contributed by atoms with Crippen molar-refractivity contribution in [3.8, 4) is 6.07 Å². The van der Waals surface area contributed by atoms with Crippen molar-refractivity contribution in [2.24, 2.45) is 5.73 Å². The van der Waals surface area contributed by atoms with Gasteiger partial charge in [-0.1, -0.05) is 6.92 Å². The molecule has 1 heterocycles. The second-order valence-corrected chi connectivity index (χ2v) is 3.83. The molecule has 0 bridgehead atoms. The van der Waals surface area contributed by atoms with Crippen molar-refractivity contribution in [3.63, 3.8) is 0 Å². The minimum atomic E-state index is -0.0969. The second-order valence-electron chi connectivity index (χ2n) is 2.63. The Hall–Kier alpha value is -0.560. The Morgan fingerprint density at radius 1 is 1.62 bits per heavy atom. The standard InChI is InChI=1S/C9H12N2S.ClH/c1-2-7-3-4-9(12-7)8(11)5-6-10;/h3-4,8H,2,5,11H2,1H3;1H/t8-;/m0./s1. The molecule has 1 aromatic rings. The van der Waals surface area contributed by atoms with Gasteiger partial charge < -0.3 is 5.73 Å². The maximum absolute atomic E-state index is 8.44. The molecule has 0 amide bonds. The molecule has 0 fully saturated rings. The smallest absolute Gasteiger partial charge is 0.0642 e. The lowest BCUT2D eigenvalue weighted by Gasteiger charge is -2.01. The van der Waals surface area contributed by atoms with E-state index >= 15 is 0 Å². The zero-order valence-electron chi connectivity index (χ0n) is 7.49. The Morgan fingerprint density at radius 2 is 2.31 bits per heavy atom. The number of rotatable bonds is 3. The third-order valence-corrected chi connectivity index (χ3v) is 3.07. The van der Waals surface area contributed by atoms with E-state index in [1.165, 1.54) is 4.88 Å². The van der Waals surface area contributed by atoms with Crippen LogP contribution in [0.4, 0.5) is 0 Å². The van der Waals surface area contributed by atoms with E-state index in [4.69, 9.17) is 11.0 Å². The fraction of sp³-hybridized carbons (Fsp3) is 0.444. The summed E-state index contributed by atoms with van der Waals surface area (Å²) in [5.41, 5.74) is 5.76. The summed E-state index contributed by atoms with van der Waals surface area (Å²) in [7, 11) is 0. The summed E-state index contributed by atoms with van der Waals surface area (Å²) in [6, 6.07) is 6.08. The van der Waals surface area contributed by atoms with Gasteiger partial charge in [0, 0.05) is 9.75 Å². The van der Waals surface area contributed by atoms with Crippen LogP contribution in [0.1, 0.15) is 29.1 Å². The van der Waals surface area contributed by atoms with E-state index in [1.54, 1.807) is 11.3 Å². The van der Waals surface area contributed by atoms with Gasteiger partial charge in [-0.05, 0) is 18.6 Å². The van der Waals surface area contributed by atoms with Crippen LogP contribution in [-0.2, 0) is 6.42 Å². The maximum atomic E-state index is 8.44. The number of nitrogens with two attached hydrogens (primary N) is 1. The normalized spacial score (nSPS) is 11.5. The molecular weight excluding hydrogens is 204 g/mol. The van der Waals surface area contributed by atoms with Crippen LogP contribution in [0.5, 0.6) is 0 Å². The van der Waals surface area contributed by atoms with E-state index in [2.05, 4.69) is 19.1 Å². The molecule has 1 rings (SSSR count). The number of hydrogen-bond acceptors (Lipinski definition) is 3. The lowest BCUT2D eigenvalue weighted by molar-refractivity contribution is 0.765. The summed E-state index contributed by atoms with van der Waals surface area (Å²) >= 11 is 1.70. The minimum absolute atomic E-state index is 0. The second kappa shape index (κ2) is 5.98. The van der Waals surface area contributed by atoms with E-state index in [0.29, 0.717) is 6.42 Å². The minimum Gasteiger partial charge on any atom is -0.322 e. The highest BCUT2D eigenvalue weighted by Gasteiger charge is 2.07. The number of aryl methyl sites for hydroxylation is 1. The highest BCUT2D eigenvalue weighted by molar-refractivity contribution is 7.12. The van der Waals surface area contributed by atoms with Gasteiger partial charge in [-0.2, -0.15) is 5.26 Å². The van der Waals surface area contributed by atoms with Crippen LogP contribution < -0.4 is 5.73 Å². The first-order chi connectivity index (χ1) is 5.77. The molecule has 0 aliphatic carbocycles. The van der Waals surface area contributed by atoms with Gasteiger partial charge in [0.2, 0.25) is 0 Å². The van der Waals surface area contributed by atoms with E-state index in [1.807, 2.05) is 6.07 Å². The van der Waals surface area contributed by atoms with Gasteiger partial charge >= 0.3 is 0 Å². The van der Waals surface area contributed by atoms with Crippen molar-refractivity contribution in [2.75, 3.05) is 0 Å². The Bertz CT molecular complexity index is 290. The van der Waals surface area contributed by atoms with Crippen molar-refractivity contribution >= 4 is 23.7 Å². The summed E-state index contributed by atoms with van der Waals surface area (Å²) in [4.78, 5) is 2.45. The third-order valence-electron chi connectivity index (χ3n) is 1.71. The molecule has 1 atom stereocenters. The Morgan fingerprint density at radius 3 is 2.77 bits per heavy atom.